The Labute approximate surface area is 167 Å². The van der Waals surface area contributed by atoms with E-state index in [0.717, 1.165) is 4.13 Å². The average Bonchev–Trinajstić information content (AvgIpc) is 2.54. The number of alkyl halides is 6. The molecule has 0 fully saturated rings. The minimum absolute atomic E-state index is 0.778. The lowest BCUT2D eigenvalue weighted by Crippen LogP contribution is -2.45. The monoisotopic (exact) mass is 474 g/mol. The quantitative estimate of drug-likeness (QED) is 0.294. The highest BCUT2D eigenvalue weighted by molar-refractivity contribution is 8.13. The fourth-order valence-corrected chi connectivity index (χ4v) is 4.13. The van der Waals surface area contributed by atoms with Gasteiger partial charge in [0.25, 0.3) is 0 Å². The Bertz CT molecular complexity index is 732. The van der Waals surface area contributed by atoms with E-state index in [2.05, 4.69) is 38.3 Å². The van der Waals surface area contributed by atoms with Crippen molar-refractivity contribution >= 4 is 20.0 Å². The molecule has 0 radical (unpaired) electrons. The zero-order valence-corrected chi connectivity index (χ0v) is 17.5. The van der Waals surface area contributed by atoms with Crippen LogP contribution >= 0.6 is 0 Å². The Morgan fingerprint density at radius 3 is 1.69 bits per heavy atom. The number of sulfonamides is 2. The van der Waals surface area contributed by atoms with Crippen molar-refractivity contribution in [3.05, 3.63) is 28.6 Å². The summed E-state index contributed by atoms with van der Waals surface area (Å²) in [6, 6.07) is 0. The molecule has 1 rings (SSSR count). The van der Waals surface area contributed by atoms with Crippen LogP contribution in [0.2, 0.25) is 0 Å². The van der Waals surface area contributed by atoms with Crippen molar-refractivity contribution in [1.82, 2.24) is 0 Å². The second kappa shape index (κ2) is 10.8. The molecule has 0 aromatic carbocycles. The maximum absolute atomic E-state index is 11.4. The van der Waals surface area contributed by atoms with Crippen LogP contribution in [-0.4, -0.2) is 52.0 Å². The summed E-state index contributed by atoms with van der Waals surface area (Å²) in [5.41, 5.74) is -12.4. The van der Waals surface area contributed by atoms with Gasteiger partial charge in [-0.3, -0.25) is 4.48 Å². The lowest BCUT2D eigenvalue weighted by Gasteiger charge is -2.35. The van der Waals surface area contributed by atoms with E-state index in [1.165, 1.54) is 49.8 Å². The molecule has 0 saturated heterocycles. The molecule has 172 valence electrons. The molecule has 1 heterocycles. The molecule has 0 spiro atoms. The first-order chi connectivity index (χ1) is 13.0. The minimum Gasteiger partial charge on any atom is -0.421 e. The number of hydrogen-bond acceptors (Lipinski definition) is 4. The summed E-state index contributed by atoms with van der Waals surface area (Å²) in [4.78, 5) is 0. The SMILES string of the molecule is CCCCC[N+]1(CCC)C=CC=CC1.O=S(=O)([N-]S(=O)(=O)C(F)(F)F)C(F)(F)F. The number of allylic oxidation sites excluding steroid dienone is 2. The number of unbranched alkanes of at least 4 members (excludes halogenated alkanes) is 2. The molecule has 29 heavy (non-hydrogen) atoms. The van der Waals surface area contributed by atoms with E-state index in [4.69, 9.17) is 0 Å². The Hall–Kier alpha value is -1.12. The van der Waals surface area contributed by atoms with Crippen molar-refractivity contribution in [2.24, 2.45) is 0 Å². The Kier molecular flexibility index (Phi) is 10.4. The highest BCUT2D eigenvalue weighted by Crippen LogP contribution is 2.36. The number of rotatable bonds is 8. The van der Waals surface area contributed by atoms with Crippen molar-refractivity contribution in [2.75, 3.05) is 19.6 Å². The van der Waals surface area contributed by atoms with Crippen LogP contribution in [0.4, 0.5) is 26.3 Å². The van der Waals surface area contributed by atoms with Gasteiger partial charge in [-0.2, -0.15) is 26.3 Å². The van der Waals surface area contributed by atoms with Gasteiger partial charge < -0.3 is 4.13 Å². The largest absolute Gasteiger partial charge is 0.480 e. The van der Waals surface area contributed by atoms with Gasteiger partial charge in [0.2, 0.25) is 0 Å². The first-order valence-electron chi connectivity index (χ1n) is 8.60. The zero-order valence-electron chi connectivity index (χ0n) is 15.9. The van der Waals surface area contributed by atoms with Crippen LogP contribution in [0.3, 0.4) is 0 Å². The van der Waals surface area contributed by atoms with Crippen LogP contribution in [0, 0.1) is 0 Å². The van der Waals surface area contributed by atoms with Gasteiger partial charge >= 0.3 is 11.0 Å². The summed E-state index contributed by atoms with van der Waals surface area (Å²) >= 11 is 0. The molecule has 0 aromatic heterocycles. The summed E-state index contributed by atoms with van der Waals surface area (Å²) in [5.74, 6) is 0. The molecule has 1 unspecified atom stereocenters. The van der Waals surface area contributed by atoms with Gasteiger partial charge in [-0.15, -0.1) is 0 Å². The normalized spacial score (nSPS) is 20.3. The fraction of sp³-hybridized carbons (Fsp3) is 0.733. The van der Waals surface area contributed by atoms with E-state index in [0.29, 0.717) is 0 Å². The van der Waals surface area contributed by atoms with Crippen LogP contribution in [0.15, 0.2) is 24.4 Å². The summed E-state index contributed by atoms with van der Waals surface area (Å²) < 4.78 is 110. The predicted molar refractivity (Wildman–Crippen MR) is 96.3 cm³/mol. The molecule has 0 aromatic rings. The summed E-state index contributed by atoms with van der Waals surface area (Å²) in [6.07, 6.45) is 14.4. The van der Waals surface area contributed by atoms with Crippen LogP contribution in [0.25, 0.3) is 4.13 Å². The van der Waals surface area contributed by atoms with E-state index in [-0.39, 0.29) is 0 Å². The van der Waals surface area contributed by atoms with Crippen LogP contribution < -0.4 is 0 Å². The molecule has 1 aliphatic rings. The highest BCUT2D eigenvalue weighted by atomic mass is 32.3. The molecule has 1 aliphatic heterocycles. The standard InChI is InChI=1S/C13H24N.C2F6NO4S2/c1-3-5-7-11-14(10-4-2)12-8-6-9-13-14;3-1(4,5)14(10,11)9-15(12,13)2(6,7)8/h6,8-9,12H,3-5,7,10-11,13H2,1-2H3;/q+1;-1. The molecule has 0 N–H and O–H groups in total. The first-order valence-corrected chi connectivity index (χ1v) is 11.5. The van der Waals surface area contributed by atoms with E-state index in [1.807, 2.05) is 0 Å². The lowest BCUT2D eigenvalue weighted by molar-refractivity contribution is -0.874. The average molecular weight is 474 g/mol. The molecule has 0 bridgehead atoms. The van der Waals surface area contributed by atoms with Crippen molar-refractivity contribution in [3.63, 3.8) is 0 Å². The van der Waals surface area contributed by atoms with E-state index in [9.17, 15) is 43.2 Å². The van der Waals surface area contributed by atoms with E-state index >= 15 is 0 Å². The highest BCUT2D eigenvalue weighted by Gasteiger charge is 2.46. The van der Waals surface area contributed by atoms with Gasteiger partial charge in [-0.05, 0) is 31.4 Å². The van der Waals surface area contributed by atoms with Crippen molar-refractivity contribution < 1.29 is 47.7 Å². The second-order valence-electron chi connectivity index (χ2n) is 6.24. The Morgan fingerprint density at radius 1 is 0.828 bits per heavy atom. The maximum Gasteiger partial charge on any atom is 0.480 e. The molecule has 6 nitrogen and oxygen atoms in total. The smallest absolute Gasteiger partial charge is 0.421 e. The van der Waals surface area contributed by atoms with Gasteiger partial charge in [0.05, 0.1) is 19.3 Å². The maximum atomic E-state index is 11.4. The predicted octanol–water partition coefficient (Wildman–Crippen LogP) is 4.55. The van der Waals surface area contributed by atoms with Gasteiger partial charge in [0.1, 0.15) is 6.54 Å². The van der Waals surface area contributed by atoms with Crippen LogP contribution in [0.1, 0.15) is 39.5 Å². The number of halogens is 6. The zero-order chi connectivity index (χ0) is 23.0. The summed E-state index contributed by atoms with van der Waals surface area (Å²) in [7, 11) is -13.4. The van der Waals surface area contributed by atoms with Gasteiger partial charge in [0, 0.05) is 0 Å². The summed E-state index contributed by atoms with van der Waals surface area (Å²) in [6.45, 7) is 8.38. The Balaban J connectivity index is 0.000000541. The number of nitrogens with zero attached hydrogens (tertiary/aromatic N) is 2. The second-order valence-corrected chi connectivity index (χ2v) is 9.66. The molecule has 14 heteroatoms. The summed E-state index contributed by atoms with van der Waals surface area (Å²) in [5, 5.41) is 0. The van der Waals surface area contributed by atoms with Gasteiger partial charge in [-0.1, -0.05) is 26.3 Å². The van der Waals surface area contributed by atoms with E-state index < -0.39 is 31.1 Å². The van der Waals surface area contributed by atoms with E-state index in [1.54, 1.807) is 0 Å². The molecule has 1 atom stereocenters. The third kappa shape index (κ3) is 9.05. The fourth-order valence-electron chi connectivity index (χ4n) is 2.42. The third-order valence-electron chi connectivity index (χ3n) is 3.78. The molecule has 0 aliphatic carbocycles. The van der Waals surface area contributed by atoms with Crippen molar-refractivity contribution in [2.45, 2.75) is 50.5 Å². The van der Waals surface area contributed by atoms with Crippen molar-refractivity contribution in [3.8, 4) is 0 Å². The number of hydrogen-bond donors (Lipinski definition) is 0. The lowest BCUT2D eigenvalue weighted by atomic mass is 10.2. The molecular weight excluding hydrogens is 450 g/mol. The Morgan fingerprint density at radius 2 is 1.34 bits per heavy atom. The number of quaternary nitrogens is 1. The molecular formula is C15H24F6N2O4S2. The van der Waals surface area contributed by atoms with Crippen molar-refractivity contribution in [1.29, 1.82) is 0 Å². The third-order valence-corrected chi connectivity index (χ3v) is 6.52. The van der Waals surface area contributed by atoms with Crippen LogP contribution in [0.5, 0.6) is 0 Å². The molecule has 0 amide bonds. The minimum atomic E-state index is -6.72. The topological polar surface area (TPSA) is 82.4 Å². The van der Waals surface area contributed by atoms with Crippen LogP contribution in [-0.2, 0) is 20.0 Å². The molecule has 0 saturated carbocycles. The van der Waals surface area contributed by atoms with Gasteiger partial charge in [0.15, 0.2) is 20.0 Å². The van der Waals surface area contributed by atoms with Gasteiger partial charge in [-0.25, -0.2) is 16.8 Å². The first kappa shape index (κ1) is 27.9.